The van der Waals surface area contributed by atoms with Crippen molar-refractivity contribution in [3.63, 3.8) is 0 Å². The number of anilines is 2. The van der Waals surface area contributed by atoms with Crippen LogP contribution in [-0.4, -0.2) is 40.7 Å². The van der Waals surface area contributed by atoms with E-state index in [2.05, 4.69) is 10.4 Å². The summed E-state index contributed by atoms with van der Waals surface area (Å²) in [5.74, 6) is -0.969. The standard InChI is InChI=1S/C19H22N4O4/c1-13-10-14(2)23(21-13)11-19(26)27-12-17(24)20-15-6-3-4-7-16(15)22-9-5-8-18(22)25/h3-4,6-7,10H,5,8-9,11-12H2,1-2H3,(H,20,24). The molecule has 1 N–H and O–H groups in total. The van der Waals surface area contributed by atoms with E-state index < -0.39 is 18.5 Å². The van der Waals surface area contributed by atoms with E-state index in [1.807, 2.05) is 26.0 Å². The summed E-state index contributed by atoms with van der Waals surface area (Å²) in [7, 11) is 0. The summed E-state index contributed by atoms with van der Waals surface area (Å²) in [5, 5.41) is 6.90. The van der Waals surface area contributed by atoms with Crippen LogP contribution in [0.15, 0.2) is 30.3 Å². The van der Waals surface area contributed by atoms with Crippen LogP contribution in [0.2, 0.25) is 0 Å². The minimum absolute atomic E-state index is 0.0352. The molecule has 1 aromatic heterocycles. The molecular weight excluding hydrogens is 348 g/mol. The minimum Gasteiger partial charge on any atom is -0.454 e. The number of amides is 2. The molecular formula is C19H22N4O4. The third-order valence-electron chi connectivity index (χ3n) is 4.29. The normalized spacial score (nSPS) is 13.7. The Hall–Kier alpha value is -3.16. The molecule has 2 amide bonds. The number of aryl methyl sites for hydroxylation is 2. The average Bonchev–Trinajstić information content (AvgIpc) is 3.18. The van der Waals surface area contributed by atoms with Crippen LogP contribution < -0.4 is 10.2 Å². The highest BCUT2D eigenvalue weighted by atomic mass is 16.5. The highest BCUT2D eigenvalue weighted by Gasteiger charge is 2.24. The predicted molar refractivity (Wildman–Crippen MR) is 99.3 cm³/mol. The number of ether oxygens (including phenoxy) is 1. The average molecular weight is 370 g/mol. The second-order valence-corrected chi connectivity index (χ2v) is 6.46. The molecule has 0 spiro atoms. The number of aromatic nitrogens is 2. The van der Waals surface area contributed by atoms with Crippen molar-refractivity contribution < 1.29 is 19.1 Å². The molecule has 1 aliphatic rings. The minimum atomic E-state index is -0.542. The van der Waals surface area contributed by atoms with Crippen LogP contribution in [-0.2, 0) is 25.7 Å². The lowest BCUT2D eigenvalue weighted by Gasteiger charge is -2.19. The van der Waals surface area contributed by atoms with Crippen molar-refractivity contribution in [3.8, 4) is 0 Å². The highest BCUT2D eigenvalue weighted by molar-refractivity contribution is 6.02. The number of nitrogens with one attached hydrogen (secondary N) is 1. The van der Waals surface area contributed by atoms with E-state index in [9.17, 15) is 14.4 Å². The van der Waals surface area contributed by atoms with Gasteiger partial charge in [0.25, 0.3) is 5.91 Å². The second-order valence-electron chi connectivity index (χ2n) is 6.46. The zero-order chi connectivity index (χ0) is 19.4. The highest BCUT2D eigenvalue weighted by Crippen LogP contribution is 2.29. The molecule has 2 aromatic rings. The molecule has 27 heavy (non-hydrogen) atoms. The summed E-state index contributed by atoms with van der Waals surface area (Å²) in [4.78, 5) is 37.7. The Morgan fingerprint density at radius 3 is 2.70 bits per heavy atom. The number of para-hydroxylation sites is 2. The lowest BCUT2D eigenvalue weighted by Crippen LogP contribution is -2.27. The molecule has 142 valence electrons. The summed E-state index contributed by atoms with van der Waals surface area (Å²) in [5.41, 5.74) is 2.83. The maximum absolute atomic E-state index is 12.2. The number of carbonyl (C=O) groups excluding carboxylic acids is 3. The van der Waals surface area contributed by atoms with Gasteiger partial charge in [-0.25, -0.2) is 0 Å². The van der Waals surface area contributed by atoms with Crippen LogP contribution in [0.25, 0.3) is 0 Å². The second kappa shape index (κ2) is 8.03. The van der Waals surface area contributed by atoms with Crippen molar-refractivity contribution in [2.45, 2.75) is 33.2 Å². The zero-order valence-electron chi connectivity index (χ0n) is 15.4. The molecule has 8 nitrogen and oxygen atoms in total. The quantitative estimate of drug-likeness (QED) is 0.783. The van der Waals surface area contributed by atoms with Gasteiger partial charge in [0, 0.05) is 18.7 Å². The first kappa shape index (κ1) is 18.6. The Bertz CT molecular complexity index is 874. The van der Waals surface area contributed by atoms with Crippen molar-refractivity contribution in [1.82, 2.24) is 9.78 Å². The van der Waals surface area contributed by atoms with Crippen LogP contribution in [0.3, 0.4) is 0 Å². The van der Waals surface area contributed by atoms with Gasteiger partial charge in [-0.2, -0.15) is 5.10 Å². The molecule has 8 heteroatoms. The molecule has 3 rings (SSSR count). The van der Waals surface area contributed by atoms with E-state index in [1.165, 1.54) is 4.68 Å². The molecule has 1 aromatic carbocycles. The van der Waals surface area contributed by atoms with Crippen molar-refractivity contribution in [2.24, 2.45) is 0 Å². The van der Waals surface area contributed by atoms with Crippen molar-refractivity contribution in [3.05, 3.63) is 41.7 Å². The fourth-order valence-corrected chi connectivity index (χ4v) is 3.05. The van der Waals surface area contributed by atoms with E-state index >= 15 is 0 Å². The fourth-order valence-electron chi connectivity index (χ4n) is 3.05. The molecule has 1 fully saturated rings. The van der Waals surface area contributed by atoms with E-state index in [1.54, 1.807) is 23.1 Å². The van der Waals surface area contributed by atoms with Crippen LogP contribution >= 0.6 is 0 Å². The first-order valence-electron chi connectivity index (χ1n) is 8.80. The van der Waals surface area contributed by atoms with Gasteiger partial charge >= 0.3 is 5.97 Å². The largest absolute Gasteiger partial charge is 0.454 e. The Balaban J connectivity index is 1.56. The summed E-state index contributed by atoms with van der Waals surface area (Å²) in [6.45, 7) is 3.86. The van der Waals surface area contributed by atoms with Crippen LogP contribution in [0.1, 0.15) is 24.2 Å². The van der Waals surface area contributed by atoms with Gasteiger partial charge in [-0.05, 0) is 38.5 Å². The van der Waals surface area contributed by atoms with Crippen LogP contribution in [0.5, 0.6) is 0 Å². The number of hydrogen-bond donors (Lipinski definition) is 1. The van der Waals surface area contributed by atoms with E-state index in [-0.39, 0.29) is 12.5 Å². The Morgan fingerprint density at radius 2 is 2.04 bits per heavy atom. The van der Waals surface area contributed by atoms with Gasteiger partial charge in [0.2, 0.25) is 5.91 Å². The molecule has 0 unspecified atom stereocenters. The number of esters is 1. The van der Waals surface area contributed by atoms with Gasteiger partial charge in [0.1, 0.15) is 6.54 Å². The molecule has 1 aliphatic heterocycles. The van der Waals surface area contributed by atoms with Crippen molar-refractivity contribution >= 4 is 29.2 Å². The fraction of sp³-hybridized carbons (Fsp3) is 0.368. The van der Waals surface area contributed by atoms with Gasteiger partial charge in [0.05, 0.1) is 17.1 Å². The first-order chi connectivity index (χ1) is 12.9. The molecule has 1 saturated heterocycles. The van der Waals surface area contributed by atoms with E-state index in [0.717, 1.165) is 17.8 Å². The van der Waals surface area contributed by atoms with Crippen LogP contribution in [0.4, 0.5) is 11.4 Å². The third kappa shape index (κ3) is 4.52. The summed E-state index contributed by atoms with van der Waals surface area (Å²) in [6.07, 6.45) is 1.30. The molecule has 0 saturated carbocycles. The van der Waals surface area contributed by atoms with Gasteiger partial charge < -0.3 is 15.0 Å². The zero-order valence-corrected chi connectivity index (χ0v) is 15.4. The summed E-state index contributed by atoms with van der Waals surface area (Å²) >= 11 is 0. The molecule has 2 heterocycles. The molecule has 0 atom stereocenters. The van der Waals surface area contributed by atoms with E-state index in [0.29, 0.717) is 24.3 Å². The van der Waals surface area contributed by atoms with Crippen molar-refractivity contribution in [1.29, 1.82) is 0 Å². The Kier molecular flexibility index (Phi) is 5.54. The molecule has 0 aliphatic carbocycles. The maximum atomic E-state index is 12.2. The monoisotopic (exact) mass is 370 g/mol. The SMILES string of the molecule is Cc1cc(C)n(CC(=O)OCC(=O)Nc2ccccc2N2CCCC2=O)n1. The Morgan fingerprint density at radius 1 is 1.26 bits per heavy atom. The smallest absolute Gasteiger partial charge is 0.328 e. The van der Waals surface area contributed by atoms with Gasteiger partial charge in [-0.15, -0.1) is 0 Å². The summed E-state index contributed by atoms with van der Waals surface area (Å²) in [6, 6.07) is 8.94. The van der Waals surface area contributed by atoms with Gasteiger partial charge in [-0.3, -0.25) is 19.1 Å². The number of rotatable bonds is 6. The van der Waals surface area contributed by atoms with Gasteiger partial charge in [0.15, 0.2) is 6.61 Å². The number of hydrogen-bond acceptors (Lipinski definition) is 5. The number of nitrogens with zero attached hydrogens (tertiary/aromatic N) is 3. The lowest BCUT2D eigenvalue weighted by atomic mass is 10.2. The van der Waals surface area contributed by atoms with Crippen LogP contribution in [0, 0.1) is 13.8 Å². The predicted octanol–water partition coefficient (Wildman–Crippen LogP) is 1.81. The van der Waals surface area contributed by atoms with Gasteiger partial charge in [-0.1, -0.05) is 12.1 Å². The number of carbonyl (C=O) groups is 3. The summed E-state index contributed by atoms with van der Waals surface area (Å²) < 4.78 is 6.57. The maximum Gasteiger partial charge on any atom is 0.328 e. The first-order valence-corrected chi connectivity index (χ1v) is 8.80. The van der Waals surface area contributed by atoms with E-state index in [4.69, 9.17) is 4.74 Å². The third-order valence-corrected chi connectivity index (χ3v) is 4.29. The molecule has 0 radical (unpaired) electrons. The topological polar surface area (TPSA) is 93.5 Å². The lowest BCUT2D eigenvalue weighted by molar-refractivity contribution is -0.148. The number of benzene rings is 1. The Labute approximate surface area is 157 Å². The van der Waals surface area contributed by atoms with Crippen molar-refractivity contribution in [2.75, 3.05) is 23.4 Å². The molecule has 0 bridgehead atoms.